The van der Waals surface area contributed by atoms with Crippen LogP contribution in [0, 0.1) is 11.3 Å². The van der Waals surface area contributed by atoms with Gasteiger partial charge in [-0.3, -0.25) is 9.58 Å². The molecule has 4 heterocycles. The van der Waals surface area contributed by atoms with Gasteiger partial charge in [-0.15, -0.1) is 0 Å². The van der Waals surface area contributed by atoms with E-state index in [1.165, 1.54) is 0 Å². The molecular formula is C29H32N10O2. The number of carbonyl (C=O) groups excluding carboxylic acids is 1. The first kappa shape index (κ1) is 26.5. The van der Waals surface area contributed by atoms with E-state index in [-0.39, 0.29) is 24.2 Å². The summed E-state index contributed by atoms with van der Waals surface area (Å²) in [6.45, 7) is 1.63. The number of anilines is 3. The first-order valence-electron chi connectivity index (χ1n) is 13.8. The van der Waals surface area contributed by atoms with Crippen molar-refractivity contribution in [3.05, 3.63) is 66.1 Å². The summed E-state index contributed by atoms with van der Waals surface area (Å²) in [5.74, 6) is 1.61. The number of pyridine rings is 1. The maximum absolute atomic E-state index is 13.6. The van der Waals surface area contributed by atoms with Gasteiger partial charge in [-0.05, 0) is 37.3 Å². The first-order valence-corrected chi connectivity index (χ1v) is 13.8. The fourth-order valence-corrected chi connectivity index (χ4v) is 5.30. The van der Waals surface area contributed by atoms with Crippen molar-refractivity contribution in [3.63, 3.8) is 0 Å². The predicted octanol–water partition coefficient (Wildman–Crippen LogP) is 3.58. The molecule has 12 heteroatoms. The summed E-state index contributed by atoms with van der Waals surface area (Å²) in [7, 11) is 1.87. The van der Waals surface area contributed by atoms with E-state index in [1.807, 2.05) is 49.6 Å². The number of hydrogen-bond donors (Lipinski definition) is 3. The van der Waals surface area contributed by atoms with Crippen LogP contribution in [0.4, 0.5) is 22.4 Å². The second-order valence-corrected chi connectivity index (χ2v) is 10.5. The van der Waals surface area contributed by atoms with Crippen molar-refractivity contribution in [1.82, 2.24) is 30.0 Å². The Kier molecular flexibility index (Phi) is 7.60. The van der Waals surface area contributed by atoms with Gasteiger partial charge in [-0.25, -0.2) is 14.8 Å². The number of nitrogens with one attached hydrogen (secondary N) is 3. The molecule has 210 valence electrons. The minimum absolute atomic E-state index is 0.0248. The topological polar surface area (TPSA) is 146 Å². The zero-order valence-corrected chi connectivity index (χ0v) is 22.8. The van der Waals surface area contributed by atoms with Crippen molar-refractivity contribution in [2.24, 2.45) is 7.05 Å². The van der Waals surface area contributed by atoms with E-state index < -0.39 is 0 Å². The second-order valence-electron chi connectivity index (χ2n) is 10.5. The normalized spacial score (nSPS) is 18.7. The molecule has 4 aromatic rings. The van der Waals surface area contributed by atoms with Crippen LogP contribution in [0.2, 0.25) is 0 Å². The molecule has 0 unspecified atom stereocenters. The standard InChI is InChI=1S/C29H32N10O2/c1-38-16-20-11-26(31-15-25(20)37-38)39(29(40)33-13-19-5-3-2-4-6-19)24-9-7-22(8-10-24)35-28-32-14-21(12-30)27(36-28)34-23-17-41-18-23/h2-6,11,14-16,22-24H,7-10,13,17-18H2,1H3,(H,33,40)(H2,32,34,35,36). The third-order valence-electron chi connectivity index (χ3n) is 7.53. The lowest BCUT2D eigenvalue weighted by Gasteiger charge is -2.36. The number of benzene rings is 1. The molecule has 3 aromatic heterocycles. The van der Waals surface area contributed by atoms with Gasteiger partial charge in [0.15, 0.2) is 0 Å². The van der Waals surface area contributed by atoms with Crippen LogP contribution in [0.3, 0.4) is 0 Å². The van der Waals surface area contributed by atoms with E-state index >= 15 is 0 Å². The lowest BCUT2D eigenvalue weighted by Crippen LogP contribution is -2.49. The summed E-state index contributed by atoms with van der Waals surface area (Å²) in [4.78, 5) is 29.0. The average molecular weight is 553 g/mol. The van der Waals surface area contributed by atoms with E-state index in [0.717, 1.165) is 42.1 Å². The molecule has 1 aliphatic heterocycles. The molecule has 0 spiro atoms. The molecule has 12 nitrogen and oxygen atoms in total. The Bertz CT molecular complexity index is 1560. The minimum atomic E-state index is -0.174. The number of rotatable bonds is 8. The van der Waals surface area contributed by atoms with E-state index in [0.29, 0.717) is 42.9 Å². The number of urea groups is 1. The Hall–Kier alpha value is -4.76. The molecule has 1 aliphatic carbocycles. The van der Waals surface area contributed by atoms with Gasteiger partial charge in [0.05, 0.1) is 31.6 Å². The van der Waals surface area contributed by atoms with Crippen molar-refractivity contribution < 1.29 is 9.53 Å². The molecule has 3 N–H and O–H groups in total. The van der Waals surface area contributed by atoms with Crippen LogP contribution in [0.25, 0.3) is 10.9 Å². The lowest BCUT2D eigenvalue weighted by molar-refractivity contribution is 0.0209. The molecule has 41 heavy (non-hydrogen) atoms. The highest BCUT2D eigenvalue weighted by atomic mass is 16.5. The highest BCUT2D eigenvalue weighted by Crippen LogP contribution is 2.30. The maximum atomic E-state index is 13.6. The largest absolute Gasteiger partial charge is 0.377 e. The number of hydrogen-bond acceptors (Lipinski definition) is 9. The second kappa shape index (κ2) is 11.8. The van der Waals surface area contributed by atoms with Gasteiger partial charge in [0.1, 0.15) is 28.8 Å². The molecule has 1 saturated heterocycles. The molecule has 6 rings (SSSR count). The number of ether oxygens (including phenoxy) is 1. The fourth-order valence-electron chi connectivity index (χ4n) is 5.30. The van der Waals surface area contributed by atoms with Gasteiger partial charge in [0.2, 0.25) is 5.95 Å². The van der Waals surface area contributed by atoms with E-state index in [4.69, 9.17) is 4.74 Å². The lowest BCUT2D eigenvalue weighted by atomic mass is 9.90. The summed E-state index contributed by atoms with van der Waals surface area (Å²) in [6.07, 6.45) is 8.41. The molecule has 2 aliphatic rings. The van der Waals surface area contributed by atoms with Crippen molar-refractivity contribution in [2.75, 3.05) is 28.7 Å². The monoisotopic (exact) mass is 552 g/mol. The van der Waals surface area contributed by atoms with Crippen LogP contribution >= 0.6 is 0 Å². The zero-order valence-electron chi connectivity index (χ0n) is 22.8. The average Bonchev–Trinajstić information content (AvgIpc) is 3.35. The molecule has 2 amide bonds. The predicted molar refractivity (Wildman–Crippen MR) is 154 cm³/mol. The number of nitrogens with zero attached hydrogens (tertiary/aromatic N) is 7. The van der Waals surface area contributed by atoms with Gasteiger partial charge < -0.3 is 20.7 Å². The summed E-state index contributed by atoms with van der Waals surface area (Å²) in [5, 5.41) is 24.6. The Balaban J connectivity index is 1.15. The Morgan fingerprint density at radius 3 is 2.63 bits per heavy atom. The molecule has 0 radical (unpaired) electrons. The molecule has 1 aromatic carbocycles. The van der Waals surface area contributed by atoms with Crippen LogP contribution in [0.15, 0.2) is 55.0 Å². The van der Waals surface area contributed by atoms with Crippen LogP contribution < -0.4 is 20.9 Å². The summed E-state index contributed by atoms with van der Waals surface area (Å²) in [6, 6.07) is 14.0. The van der Waals surface area contributed by atoms with E-state index in [1.54, 1.807) is 22.0 Å². The number of aromatic nitrogens is 5. The van der Waals surface area contributed by atoms with Crippen LogP contribution in [-0.2, 0) is 18.3 Å². The van der Waals surface area contributed by atoms with Crippen LogP contribution in [-0.4, -0.2) is 62.1 Å². The summed E-state index contributed by atoms with van der Waals surface area (Å²) in [5.41, 5.74) is 2.22. The number of aryl methyl sites for hydroxylation is 1. The van der Waals surface area contributed by atoms with Gasteiger partial charge in [0, 0.05) is 37.3 Å². The Morgan fingerprint density at radius 2 is 1.90 bits per heavy atom. The van der Waals surface area contributed by atoms with Gasteiger partial charge in [0.25, 0.3) is 0 Å². The molecular weight excluding hydrogens is 520 g/mol. The number of carbonyl (C=O) groups is 1. The summed E-state index contributed by atoms with van der Waals surface area (Å²) < 4.78 is 6.97. The van der Waals surface area contributed by atoms with Crippen molar-refractivity contribution in [1.29, 1.82) is 5.26 Å². The van der Waals surface area contributed by atoms with Gasteiger partial charge >= 0.3 is 6.03 Å². The summed E-state index contributed by atoms with van der Waals surface area (Å²) >= 11 is 0. The third-order valence-corrected chi connectivity index (χ3v) is 7.53. The first-order chi connectivity index (χ1) is 20.1. The number of amides is 2. The smallest absolute Gasteiger partial charge is 0.323 e. The Morgan fingerprint density at radius 1 is 1.10 bits per heavy atom. The molecule has 0 bridgehead atoms. The Labute approximate surface area is 237 Å². The highest BCUT2D eigenvalue weighted by Gasteiger charge is 2.31. The van der Waals surface area contributed by atoms with E-state index in [2.05, 4.69) is 42.1 Å². The fraction of sp³-hybridized carbons (Fsp3) is 0.379. The molecule has 2 fully saturated rings. The van der Waals surface area contributed by atoms with Crippen LogP contribution in [0.1, 0.15) is 36.8 Å². The van der Waals surface area contributed by atoms with Crippen molar-refractivity contribution in [2.45, 2.75) is 50.4 Å². The zero-order chi connectivity index (χ0) is 28.2. The molecule has 0 atom stereocenters. The number of fused-ring (bicyclic) bond motifs is 1. The number of nitriles is 1. The van der Waals surface area contributed by atoms with Gasteiger partial charge in [-0.2, -0.15) is 15.3 Å². The van der Waals surface area contributed by atoms with Crippen molar-refractivity contribution in [3.8, 4) is 6.07 Å². The molecule has 1 saturated carbocycles. The minimum Gasteiger partial charge on any atom is -0.377 e. The highest BCUT2D eigenvalue weighted by molar-refractivity contribution is 5.93. The van der Waals surface area contributed by atoms with E-state index in [9.17, 15) is 10.1 Å². The quantitative estimate of drug-likeness (QED) is 0.298. The maximum Gasteiger partial charge on any atom is 0.323 e. The van der Waals surface area contributed by atoms with Crippen LogP contribution in [0.5, 0.6) is 0 Å². The SMILES string of the molecule is Cn1cc2cc(N(C(=O)NCc3ccccc3)C3CCC(Nc4ncc(C#N)c(NC5COC5)n4)CC3)ncc2n1. The van der Waals surface area contributed by atoms with Crippen molar-refractivity contribution >= 4 is 34.5 Å². The third kappa shape index (κ3) is 6.05. The van der Waals surface area contributed by atoms with Gasteiger partial charge in [-0.1, -0.05) is 30.3 Å².